The van der Waals surface area contributed by atoms with Gasteiger partial charge in [-0.1, -0.05) is 48.5 Å². The molecule has 0 bridgehead atoms. The zero-order chi connectivity index (χ0) is 42.5. The van der Waals surface area contributed by atoms with Crippen molar-refractivity contribution < 1.29 is 0 Å². The molecule has 11 heteroatoms. The van der Waals surface area contributed by atoms with Crippen LogP contribution in [-0.4, -0.2) is 24.1 Å². The van der Waals surface area contributed by atoms with E-state index < -0.39 is 0 Å². The molecule has 0 aliphatic heterocycles. The van der Waals surface area contributed by atoms with E-state index in [-0.39, 0.29) is 11.6 Å². The van der Waals surface area contributed by atoms with Crippen LogP contribution in [0.4, 0.5) is 17.1 Å². The fourth-order valence-electron chi connectivity index (χ4n) is 8.10. The normalized spacial score (nSPS) is 10.8. The summed E-state index contributed by atoms with van der Waals surface area (Å²) in [5.74, 6) is 0.860. The molecule has 0 radical (unpaired) electrons. The zero-order valence-corrected chi connectivity index (χ0v) is 32.2. The molecule has 0 aliphatic carbocycles. The van der Waals surface area contributed by atoms with Crippen LogP contribution in [0.15, 0.2) is 140 Å². The minimum Gasteiger partial charge on any atom is -0.309 e. The standard InChI is InChI=1S/C51H23N11/c1-55-34-12-18-45-39(24-34)40-25-35(56-2)13-19-46(40)62(45)47-17-11-32(29-54)23-41(47)50-58-49(33-7-5-4-6-8-33)59-51(60-50)42-26-36(57-3)14-20-48(42)61-43-15-9-30(27-52)21-37(43)38-22-31(28-53)10-16-44(38)61/h4-26H. The van der Waals surface area contributed by atoms with Gasteiger partial charge in [-0.3, -0.25) is 0 Å². The number of nitriles is 3. The van der Waals surface area contributed by atoms with Crippen LogP contribution in [0.1, 0.15) is 16.7 Å². The summed E-state index contributed by atoms with van der Waals surface area (Å²) >= 11 is 0. The van der Waals surface area contributed by atoms with E-state index >= 15 is 0 Å². The third-order valence-corrected chi connectivity index (χ3v) is 10.9. The molecule has 10 aromatic rings. The van der Waals surface area contributed by atoms with E-state index in [2.05, 4.69) is 32.7 Å². The highest BCUT2D eigenvalue weighted by Gasteiger charge is 2.23. The Kier molecular flexibility index (Phi) is 8.51. The van der Waals surface area contributed by atoms with Crippen LogP contribution in [0.2, 0.25) is 0 Å². The van der Waals surface area contributed by atoms with Crippen molar-refractivity contribution in [3.05, 3.63) is 190 Å². The van der Waals surface area contributed by atoms with E-state index in [0.717, 1.165) is 43.6 Å². The smallest absolute Gasteiger partial charge is 0.188 e. The first-order valence-corrected chi connectivity index (χ1v) is 19.0. The maximum absolute atomic E-state index is 10.3. The first kappa shape index (κ1) is 36.4. The summed E-state index contributed by atoms with van der Waals surface area (Å²) in [4.78, 5) is 26.5. The van der Waals surface area contributed by atoms with Crippen molar-refractivity contribution in [3.8, 4) is 63.7 Å². The van der Waals surface area contributed by atoms with Crippen LogP contribution in [0.3, 0.4) is 0 Å². The van der Waals surface area contributed by atoms with E-state index in [9.17, 15) is 15.8 Å². The molecular weight excluding hydrogens is 767 g/mol. The summed E-state index contributed by atoms with van der Waals surface area (Å²) in [6, 6.07) is 48.6. The van der Waals surface area contributed by atoms with Gasteiger partial charge in [0.2, 0.25) is 0 Å². The topological polar surface area (TPSA) is 133 Å². The Hall–Kier alpha value is -9.91. The third kappa shape index (κ3) is 5.81. The highest BCUT2D eigenvalue weighted by atomic mass is 15.1. The lowest BCUT2D eigenvalue weighted by atomic mass is 10.1. The Labute approximate surface area is 353 Å². The SMILES string of the molecule is [C-]#[N+]c1ccc(-n2c3ccc(C#N)cc3c3cc(C#N)ccc32)c(-c2nc(-c3ccccc3)nc(-c3cc(C#N)ccc3-n3c4ccc([N+]#[C-])cc4c4cc([N+]#[C-])ccc43)n2)c1. The number of nitrogens with zero attached hydrogens (tertiary/aromatic N) is 11. The van der Waals surface area contributed by atoms with Gasteiger partial charge in [0.1, 0.15) is 0 Å². The monoisotopic (exact) mass is 789 g/mol. The van der Waals surface area contributed by atoms with Gasteiger partial charge in [0.05, 0.1) is 88.1 Å². The molecule has 11 nitrogen and oxygen atoms in total. The molecule has 3 heterocycles. The number of fused-ring (bicyclic) bond motifs is 6. The van der Waals surface area contributed by atoms with Gasteiger partial charge >= 0.3 is 0 Å². The molecule has 0 saturated carbocycles. The van der Waals surface area contributed by atoms with Crippen LogP contribution >= 0.6 is 0 Å². The molecule has 10 rings (SSSR count). The van der Waals surface area contributed by atoms with Gasteiger partial charge in [-0.15, -0.1) is 0 Å². The van der Waals surface area contributed by atoms with Crippen molar-refractivity contribution in [3.63, 3.8) is 0 Å². The lowest BCUT2D eigenvalue weighted by Gasteiger charge is -2.17. The van der Waals surface area contributed by atoms with E-state index in [4.69, 9.17) is 34.7 Å². The molecule has 3 aromatic heterocycles. The van der Waals surface area contributed by atoms with Gasteiger partial charge in [0, 0.05) is 27.5 Å². The van der Waals surface area contributed by atoms with Gasteiger partial charge in [-0.05, 0) is 102 Å². The summed E-state index contributed by atoms with van der Waals surface area (Å²) in [7, 11) is 0. The fraction of sp³-hybridized carbons (Fsp3) is 0. The van der Waals surface area contributed by atoms with Gasteiger partial charge in [0.25, 0.3) is 0 Å². The molecule has 282 valence electrons. The largest absolute Gasteiger partial charge is 0.309 e. The van der Waals surface area contributed by atoms with Crippen molar-refractivity contribution in [2.45, 2.75) is 0 Å². The van der Waals surface area contributed by atoms with Gasteiger partial charge in [-0.25, -0.2) is 29.5 Å². The predicted octanol–water partition coefficient (Wildman–Crippen LogP) is 12.3. The van der Waals surface area contributed by atoms with Gasteiger partial charge in [0.15, 0.2) is 34.5 Å². The first-order valence-electron chi connectivity index (χ1n) is 19.0. The van der Waals surface area contributed by atoms with Gasteiger partial charge < -0.3 is 9.13 Å². The second-order valence-corrected chi connectivity index (χ2v) is 14.3. The van der Waals surface area contributed by atoms with E-state index in [1.54, 1.807) is 60.7 Å². The average Bonchev–Trinajstić information content (AvgIpc) is 3.84. The molecule has 0 atom stereocenters. The zero-order valence-electron chi connectivity index (χ0n) is 32.2. The number of benzene rings is 7. The van der Waals surface area contributed by atoms with Crippen molar-refractivity contribution in [1.29, 1.82) is 15.8 Å². The molecule has 62 heavy (non-hydrogen) atoms. The fourth-order valence-corrected chi connectivity index (χ4v) is 8.10. The molecule has 0 N–H and O–H groups in total. The number of aromatic nitrogens is 5. The molecule has 0 spiro atoms. The van der Waals surface area contributed by atoms with Gasteiger partial charge in [-0.2, -0.15) is 15.8 Å². The maximum atomic E-state index is 10.3. The highest BCUT2D eigenvalue weighted by Crippen LogP contribution is 2.41. The lowest BCUT2D eigenvalue weighted by molar-refractivity contribution is 1.06. The molecule has 0 aliphatic rings. The molecule has 0 amide bonds. The molecule has 0 unspecified atom stereocenters. The minimum atomic E-state index is 0.255. The molecule has 0 fully saturated rings. The Morgan fingerprint density at radius 2 is 0.790 bits per heavy atom. The maximum Gasteiger partial charge on any atom is 0.188 e. The number of rotatable bonds is 5. The Balaban J connectivity index is 1.29. The van der Waals surface area contributed by atoms with E-state index in [1.165, 1.54) is 0 Å². The predicted molar refractivity (Wildman–Crippen MR) is 238 cm³/mol. The minimum absolute atomic E-state index is 0.255. The summed E-state index contributed by atoms with van der Waals surface area (Å²) in [5.41, 5.74) is 8.66. The quantitative estimate of drug-likeness (QED) is 0.159. The molecule has 7 aromatic carbocycles. The number of hydrogen-bond donors (Lipinski definition) is 0. The molecule has 0 saturated heterocycles. The van der Waals surface area contributed by atoms with Crippen molar-refractivity contribution in [2.24, 2.45) is 0 Å². The summed E-state index contributed by atoms with van der Waals surface area (Å²) in [6.07, 6.45) is 0. The summed E-state index contributed by atoms with van der Waals surface area (Å²) in [6.45, 7) is 23.5. The van der Waals surface area contributed by atoms with Crippen LogP contribution < -0.4 is 0 Å². The second kappa shape index (κ2) is 14.5. The summed E-state index contributed by atoms with van der Waals surface area (Å²) < 4.78 is 4.05. The van der Waals surface area contributed by atoms with Crippen molar-refractivity contribution in [1.82, 2.24) is 24.1 Å². The van der Waals surface area contributed by atoms with E-state index in [0.29, 0.717) is 67.6 Å². The molecular formula is C51H23N11. The first-order chi connectivity index (χ1) is 30.4. The van der Waals surface area contributed by atoms with Crippen LogP contribution in [-0.2, 0) is 0 Å². The van der Waals surface area contributed by atoms with E-state index in [1.807, 2.05) is 88.0 Å². The average molecular weight is 790 g/mol. The lowest BCUT2D eigenvalue weighted by Crippen LogP contribution is -2.05. The second-order valence-electron chi connectivity index (χ2n) is 14.3. The number of hydrogen-bond acceptors (Lipinski definition) is 6. The highest BCUT2D eigenvalue weighted by molar-refractivity contribution is 6.12. The summed E-state index contributed by atoms with van der Waals surface area (Å²) in [5, 5.41) is 33.1. The van der Waals surface area contributed by atoms with Crippen molar-refractivity contribution in [2.75, 3.05) is 0 Å². The van der Waals surface area contributed by atoms with Crippen molar-refractivity contribution >= 4 is 60.7 Å². The Bertz CT molecular complexity index is 3460. The van der Waals surface area contributed by atoms with Crippen LogP contribution in [0.25, 0.3) is 104 Å². The van der Waals surface area contributed by atoms with Crippen LogP contribution in [0.5, 0.6) is 0 Å². The van der Waals surface area contributed by atoms with Crippen LogP contribution in [0, 0.1) is 53.7 Å². The third-order valence-electron chi connectivity index (χ3n) is 10.9. The Morgan fingerprint density at radius 3 is 1.29 bits per heavy atom. The Morgan fingerprint density at radius 1 is 0.403 bits per heavy atom.